The van der Waals surface area contributed by atoms with E-state index in [1.54, 1.807) is 0 Å². The predicted octanol–water partition coefficient (Wildman–Crippen LogP) is 1.08. The van der Waals surface area contributed by atoms with E-state index in [2.05, 4.69) is 17.1 Å². The summed E-state index contributed by atoms with van der Waals surface area (Å²) in [4.78, 5) is 2.70. The SMILES string of the molecule is CCC1C2CNCC2CN1CCCCCO. The predicted molar refractivity (Wildman–Crippen MR) is 66.4 cm³/mol. The molecule has 0 radical (unpaired) electrons. The third-order valence-electron chi connectivity index (χ3n) is 4.35. The van der Waals surface area contributed by atoms with Gasteiger partial charge in [-0.3, -0.25) is 4.90 Å². The molecule has 2 fully saturated rings. The molecule has 3 nitrogen and oxygen atoms in total. The van der Waals surface area contributed by atoms with Crippen LogP contribution in [0.25, 0.3) is 0 Å². The van der Waals surface area contributed by atoms with Gasteiger partial charge in [-0.2, -0.15) is 0 Å². The first-order valence-electron chi connectivity index (χ1n) is 6.92. The molecule has 0 spiro atoms. The number of hydrogen-bond acceptors (Lipinski definition) is 3. The van der Waals surface area contributed by atoms with E-state index in [9.17, 15) is 0 Å². The Hall–Kier alpha value is -0.120. The first kappa shape index (κ1) is 12.3. The van der Waals surface area contributed by atoms with E-state index in [1.165, 1.54) is 45.4 Å². The fourth-order valence-corrected chi connectivity index (χ4v) is 3.53. The number of rotatable bonds is 6. The summed E-state index contributed by atoms with van der Waals surface area (Å²) in [6.45, 7) is 7.68. The van der Waals surface area contributed by atoms with E-state index in [4.69, 9.17) is 5.11 Å². The molecule has 3 unspecified atom stereocenters. The Balaban J connectivity index is 1.76. The van der Waals surface area contributed by atoms with Crippen LogP contribution in [0, 0.1) is 11.8 Å². The largest absolute Gasteiger partial charge is 0.396 e. The van der Waals surface area contributed by atoms with Crippen molar-refractivity contribution in [2.45, 2.75) is 38.6 Å². The summed E-state index contributed by atoms with van der Waals surface area (Å²) in [5.41, 5.74) is 0. The number of aliphatic hydroxyl groups excluding tert-OH is 1. The summed E-state index contributed by atoms with van der Waals surface area (Å²) in [7, 11) is 0. The van der Waals surface area contributed by atoms with Crippen molar-refractivity contribution in [2.24, 2.45) is 11.8 Å². The molecule has 16 heavy (non-hydrogen) atoms. The Labute approximate surface area is 99.2 Å². The zero-order valence-electron chi connectivity index (χ0n) is 10.5. The van der Waals surface area contributed by atoms with Gasteiger partial charge in [-0.05, 0) is 57.2 Å². The quantitative estimate of drug-likeness (QED) is 0.665. The van der Waals surface area contributed by atoms with Gasteiger partial charge in [-0.1, -0.05) is 6.92 Å². The van der Waals surface area contributed by atoms with Gasteiger partial charge < -0.3 is 10.4 Å². The highest BCUT2D eigenvalue weighted by Gasteiger charge is 2.42. The zero-order valence-corrected chi connectivity index (χ0v) is 10.5. The Morgan fingerprint density at radius 3 is 2.88 bits per heavy atom. The minimum atomic E-state index is 0.354. The van der Waals surface area contributed by atoms with Crippen LogP contribution in [0.15, 0.2) is 0 Å². The van der Waals surface area contributed by atoms with E-state index in [-0.39, 0.29) is 0 Å². The highest BCUT2D eigenvalue weighted by molar-refractivity contribution is 4.97. The standard InChI is InChI=1S/C13H26N2O/c1-2-13-12-9-14-8-11(12)10-15(13)6-4-3-5-7-16/h11-14,16H,2-10H2,1H3. The first-order valence-corrected chi connectivity index (χ1v) is 6.92. The van der Waals surface area contributed by atoms with Crippen LogP contribution in [0.3, 0.4) is 0 Å². The summed E-state index contributed by atoms with van der Waals surface area (Å²) < 4.78 is 0. The minimum absolute atomic E-state index is 0.354. The zero-order chi connectivity index (χ0) is 11.4. The maximum Gasteiger partial charge on any atom is 0.0431 e. The van der Waals surface area contributed by atoms with Gasteiger partial charge in [0.1, 0.15) is 0 Å². The molecule has 0 aromatic carbocycles. The summed E-state index contributed by atoms with van der Waals surface area (Å²) in [5.74, 6) is 1.81. The van der Waals surface area contributed by atoms with Crippen molar-refractivity contribution in [3.8, 4) is 0 Å². The summed E-state index contributed by atoms with van der Waals surface area (Å²) in [6, 6.07) is 0.814. The molecule has 0 bridgehead atoms. The fourth-order valence-electron chi connectivity index (χ4n) is 3.53. The Bertz CT molecular complexity index is 210. The fraction of sp³-hybridized carbons (Fsp3) is 1.00. The van der Waals surface area contributed by atoms with Gasteiger partial charge in [-0.15, -0.1) is 0 Å². The molecule has 0 aromatic heterocycles. The van der Waals surface area contributed by atoms with Crippen LogP contribution in [0.2, 0.25) is 0 Å². The second-order valence-electron chi connectivity index (χ2n) is 5.34. The van der Waals surface area contributed by atoms with Gasteiger partial charge in [0.25, 0.3) is 0 Å². The number of likely N-dealkylation sites (tertiary alicyclic amines) is 1. The first-order chi connectivity index (χ1) is 7.86. The van der Waals surface area contributed by atoms with Gasteiger partial charge in [0.15, 0.2) is 0 Å². The second kappa shape index (κ2) is 5.99. The van der Waals surface area contributed by atoms with Crippen molar-refractivity contribution >= 4 is 0 Å². The molecule has 2 heterocycles. The van der Waals surface area contributed by atoms with Crippen LogP contribution in [0.1, 0.15) is 32.6 Å². The third kappa shape index (κ3) is 2.58. The molecule has 2 aliphatic rings. The van der Waals surface area contributed by atoms with Crippen LogP contribution >= 0.6 is 0 Å². The molecule has 0 aliphatic carbocycles. The molecule has 3 atom stereocenters. The molecule has 0 aromatic rings. The van der Waals surface area contributed by atoms with E-state index in [0.717, 1.165) is 24.3 Å². The van der Waals surface area contributed by atoms with Crippen molar-refractivity contribution in [3.63, 3.8) is 0 Å². The highest BCUT2D eigenvalue weighted by atomic mass is 16.2. The van der Waals surface area contributed by atoms with E-state index in [1.807, 2.05) is 0 Å². The third-order valence-corrected chi connectivity index (χ3v) is 4.35. The lowest BCUT2D eigenvalue weighted by Crippen LogP contribution is -2.35. The average Bonchev–Trinajstić information content (AvgIpc) is 2.84. The second-order valence-corrected chi connectivity index (χ2v) is 5.34. The summed E-state index contributed by atoms with van der Waals surface area (Å²) in [5, 5.41) is 12.3. The molecule has 2 saturated heterocycles. The smallest absolute Gasteiger partial charge is 0.0431 e. The molecular weight excluding hydrogens is 200 g/mol. The number of hydrogen-bond donors (Lipinski definition) is 2. The molecule has 2 N–H and O–H groups in total. The van der Waals surface area contributed by atoms with E-state index >= 15 is 0 Å². The summed E-state index contributed by atoms with van der Waals surface area (Å²) in [6.07, 6.45) is 4.70. The van der Waals surface area contributed by atoms with Crippen molar-refractivity contribution in [1.82, 2.24) is 10.2 Å². The van der Waals surface area contributed by atoms with E-state index < -0.39 is 0 Å². The van der Waals surface area contributed by atoms with Crippen molar-refractivity contribution in [2.75, 3.05) is 32.8 Å². The molecule has 3 heteroatoms. The molecule has 0 saturated carbocycles. The minimum Gasteiger partial charge on any atom is -0.396 e. The van der Waals surface area contributed by atoms with Crippen LogP contribution in [0.4, 0.5) is 0 Å². The van der Waals surface area contributed by atoms with Crippen LogP contribution in [-0.2, 0) is 0 Å². The van der Waals surface area contributed by atoms with Crippen LogP contribution in [-0.4, -0.2) is 48.8 Å². The normalized spacial score (nSPS) is 34.5. The van der Waals surface area contributed by atoms with Gasteiger partial charge in [0, 0.05) is 19.2 Å². The number of nitrogens with one attached hydrogen (secondary N) is 1. The molecular formula is C13H26N2O. The lowest BCUT2D eigenvalue weighted by atomic mass is 9.93. The molecule has 94 valence electrons. The van der Waals surface area contributed by atoms with Crippen molar-refractivity contribution in [3.05, 3.63) is 0 Å². The van der Waals surface area contributed by atoms with Crippen molar-refractivity contribution in [1.29, 1.82) is 0 Å². The van der Waals surface area contributed by atoms with Crippen molar-refractivity contribution < 1.29 is 5.11 Å². The number of fused-ring (bicyclic) bond motifs is 1. The Kier molecular flexibility index (Phi) is 4.62. The Morgan fingerprint density at radius 2 is 2.12 bits per heavy atom. The average molecular weight is 226 g/mol. The molecule has 2 rings (SSSR count). The molecule has 2 aliphatic heterocycles. The van der Waals surface area contributed by atoms with Crippen LogP contribution in [0.5, 0.6) is 0 Å². The number of aliphatic hydroxyl groups is 1. The van der Waals surface area contributed by atoms with Crippen LogP contribution < -0.4 is 5.32 Å². The maximum atomic E-state index is 8.77. The van der Waals surface area contributed by atoms with Gasteiger partial charge >= 0.3 is 0 Å². The topological polar surface area (TPSA) is 35.5 Å². The lowest BCUT2D eigenvalue weighted by molar-refractivity contribution is 0.210. The highest BCUT2D eigenvalue weighted by Crippen LogP contribution is 2.34. The van der Waals surface area contributed by atoms with Gasteiger partial charge in [-0.25, -0.2) is 0 Å². The number of unbranched alkanes of at least 4 members (excludes halogenated alkanes) is 2. The lowest BCUT2D eigenvalue weighted by Gasteiger charge is -2.26. The molecule has 0 amide bonds. The van der Waals surface area contributed by atoms with E-state index in [0.29, 0.717) is 6.61 Å². The number of nitrogens with zero attached hydrogens (tertiary/aromatic N) is 1. The van der Waals surface area contributed by atoms with Gasteiger partial charge in [0.2, 0.25) is 0 Å². The monoisotopic (exact) mass is 226 g/mol. The summed E-state index contributed by atoms with van der Waals surface area (Å²) >= 11 is 0. The Morgan fingerprint density at radius 1 is 1.25 bits per heavy atom. The van der Waals surface area contributed by atoms with Gasteiger partial charge in [0.05, 0.1) is 0 Å². The maximum absolute atomic E-state index is 8.77.